The van der Waals surface area contributed by atoms with Crippen LogP contribution in [0.4, 0.5) is 0 Å². The van der Waals surface area contributed by atoms with Crippen LogP contribution in [0.3, 0.4) is 0 Å². The number of Topliss-reactive ketones (excluding diaryl/α,β-unsaturated/α-hetero) is 1. The quantitative estimate of drug-likeness (QED) is 0.583. The number of hydrogen-bond donors (Lipinski definition) is 0. The van der Waals surface area contributed by atoms with Gasteiger partial charge in [-0.3, -0.25) is 4.79 Å². The molecule has 2 unspecified atom stereocenters. The Bertz CT molecular complexity index is 276. The third-order valence-corrected chi connectivity index (χ3v) is 4.16. The first-order chi connectivity index (χ1) is 6.73. The van der Waals surface area contributed by atoms with Gasteiger partial charge in [0.1, 0.15) is 5.78 Å². The Hall–Kier alpha value is -0.410. The van der Waals surface area contributed by atoms with Crippen LogP contribution >= 0.6 is 0 Å². The normalized spacial score (nSPS) is 51.8. The lowest BCUT2D eigenvalue weighted by Crippen LogP contribution is -2.70. The number of ether oxygens (including phenoxy) is 2. The molecule has 2 aliphatic carbocycles. The molecular formula is C11H16O3. The highest BCUT2D eigenvalue weighted by atomic mass is 16.6. The molecule has 78 valence electrons. The SMILES string of the molecule is CC12CCCC(=O)C1[C@H]1OCCO[C@@H]12. The minimum Gasteiger partial charge on any atom is -0.373 e. The molecule has 1 aliphatic heterocycles. The summed E-state index contributed by atoms with van der Waals surface area (Å²) >= 11 is 0. The fourth-order valence-electron chi connectivity index (χ4n) is 3.46. The highest BCUT2D eigenvalue weighted by Gasteiger charge is 2.65. The standard InChI is InChI=1S/C11H16O3/c1-11-4-2-3-7(12)8(11)9-10(11)14-6-5-13-9/h8-10H,2-6H2,1H3/t8?,9-,10+,11?/m1/s1. The van der Waals surface area contributed by atoms with Crippen LogP contribution < -0.4 is 0 Å². The lowest BCUT2D eigenvalue weighted by Gasteiger charge is -2.61. The molecule has 0 aromatic rings. The summed E-state index contributed by atoms with van der Waals surface area (Å²) in [5.74, 6) is 0.520. The van der Waals surface area contributed by atoms with Crippen LogP contribution in [-0.4, -0.2) is 31.2 Å². The van der Waals surface area contributed by atoms with Crippen molar-refractivity contribution < 1.29 is 14.3 Å². The van der Waals surface area contributed by atoms with Gasteiger partial charge >= 0.3 is 0 Å². The first kappa shape index (κ1) is 8.86. The van der Waals surface area contributed by atoms with Crippen molar-refractivity contribution >= 4 is 5.78 Å². The minimum absolute atomic E-state index is 0.0709. The summed E-state index contributed by atoms with van der Waals surface area (Å²) < 4.78 is 11.4. The zero-order chi connectivity index (χ0) is 9.76. The number of rotatable bonds is 0. The average molecular weight is 196 g/mol. The summed E-state index contributed by atoms with van der Waals surface area (Å²) in [5, 5.41) is 0. The molecule has 3 heteroatoms. The number of carbonyl (C=O) groups is 1. The van der Waals surface area contributed by atoms with E-state index in [0.717, 1.165) is 19.3 Å². The van der Waals surface area contributed by atoms with Gasteiger partial charge in [-0.05, 0) is 12.8 Å². The summed E-state index contributed by atoms with van der Waals surface area (Å²) in [6.07, 6.45) is 3.14. The topological polar surface area (TPSA) is 35.5 Å². The van der Waals surface area contributed by atoms with Gasteiger partial charge in [0.25, 0.3) is 0 Å². The Balaban J connectivity index is 1.88. The maximum atomic E-state index is 11.8. The van der Waals surface area contributed by atoms with E-state index in [1.165, 1.54) is 0 Å². The molecule has 0 bridgehead atoms. The van der Waals surface area contributed by atoms with Gasteiger partial charge in [0.15, 0.2) is 0 Å². The molecule has 3 aliphatic rings. The molecule has 0 aromatic heterocycles. The van der Waals surface area contributed by atoms with Gasteiger partial charge in [-0.2, -0.15) is 0 Å². The van der Waals surface area contributed by atoms with Crippen molar-refractivity contribution in [2.24, 2.45) is 11.3 Å². The van der Waals surface area contributed by atoms with Crippen LogP contribution in [-0.2, 0) is 14.3 Å². The number of ketones is 1. The highest BCUT2D eigenvalue weighted by Crippen LogP contribution is 2.57. The highest BCUT2D eigenvalue weighted by molar-refractivity contribution is 5.85. The van der Waals surface area contributed by atoms with Gasteiger partial charge in [-0.15, -0.1) is 0 Å². The van der Waals surface area contributed by atoms with Crippen molar-refractivity contribution in [3.8, 4) is 0 Å². The largest absolute Gasteiger partial charge is 0.373 e. The summed E-state index contributed by atoms with van der Waals surface area (Å²) in [5.41, 5.74) is 0.0837. The van der Waals surface area contributed by atoms with Crippen LogP contribution in [0.1, 0.15) is 26.2 Å². The number of hydrogen-bond acceptors (Lipinski definition) is 3. The maximum absolute atomic E-state index is 11.8. The zero-order valence-electron chi connectivity index (χ0n) is 8.49. The Kier molecular flexibility index (Phi) is 1.77. The van der Waals surface area contributed by atoms with Gasteiger partial charge in [-0.25, -0.2) is 0 Å². The van der Waals surface area contributed by atoms with E-state index in [-0.39, 0.29) is 23.5 Å². The van der Waals surface area contributed by atoms with Crippen LogP contribution in [0.2, 0.25) is 0 Å². The second kappa shape index (κ2) is 2.80. The fourth-order valence-corrected chi connectivity index (χ4v) is 3.46. The van der Waals surface area contributed by atoms with Gasteiger partial charge in [0, 0.05) is 11.8 Å². The third kappa shape index (κ3) is 0.920. The fraction of sp³-hybridized carbons (Fsp3) is 0.909. The van der Waals surface area contributed by atoms with Gasteiger partial charge in [-0.1, -0.05) is 6.92 Å². The van der Waals surface area contributed by atoms with Crippen molar-refractivity contribution in [1.82, 2.24) is 0 Å². The monoisotopic (exact) mass is 196 g/mol. The van der Waals surface area contributed by atoms with Crippen molar-refractivity contribution in [2.45, 2.75) is 38.4 Å². The Labute approximate surface area is 83.8 Å². The van der Waals surface area contributed by atoms with E-state index in [4.69, 9.17) is 9.47 Å². The first-order valence-electron chi connectivity index (χ1n) is 5.49. The predicted octanol–water partition coefficient (Wildman–Crippen LogP) is 1.16. The molecule has 14 heavy (non-hydrogen) atoms. The summed E-state index contributed by atoms with van der Waals surface area (Å²) in [6.45, 7) is 3.53. The van der Waals surface area contributed by atoms with Crippen LogP contribution in [0.15, 0.2) is 0 Å². The molecule has 0 aromatic carbocycles. The van der Waals surface area contributed by atoms with E-state index in [1.54, 1.807) is 0 Å². The number of fused-ring (bicyclic) bond motifs is 4. The first-order valence-corrected chi connectivity index (χ1v) is 5.49. The smallest absolute Gasteiger partial charge is 0.139 e. The Morgan fingerprint density at radius 1 is 1.36 bits per heavy atom. The van der Waals surface area contributed by atoms with Crippen LogP contribution in [0, 0.1) is 11.3 Å². The van der Waals surface area contributed by atoms with E-state index in [9.17, 15) is 4.79 Å². The number of carbonyl (C=O) groups excluding carboxylic acids is 1. The summed E-state index contributed by atoms with van der Waals surface area (Å²) in [6, 6.07) is 0. The summed E-state index contributed by atoms with van der Waals surface area (Å²) in [7, 11) is 0. The molecule has 3 rings (SSSR count). The Morgan fingerprint density at radius 2 is 2.14 bits per heavy atom. The molecule has 2 saturated carbocycles. The second-order valence-electron chi connectivity index (χ2n) is 4.93. The van der Waals surface area contributed by atoms with Crippen LogP contribution in [0.25, 0.3) is 0 Å². The molecular weight excluding hydrogens is 180 g/mol. The zero-order valence-corrected chi connectivity index (χ0v) is 8.49. The van der Waals surface area contributed by atoms with E-state index >= 15 is 0 Å². The molecule has 4 atom stereocenters. The lowest BCUT2D eigenvalue weighted by atomic mass is 9.50. The average Bonchev–Trinajstić information content (AvgIpc) is 2.16. The minimum atomic E-state index is 0.0709. The van der Waals surface area contributed by atoms with Crippen molar-refractivity contribution in [1.29, 1.82) is 0 Å². The predicted molar refractivity (Wildman–Crippen MR) is 49.9 cm³/mol. The van der Waals surface area contributed by atoms with E-state index in [0.29, 0.717) is 19.0 Å². The van der Waals surface area contributed by atoms with Gasteiger partial charge in [0.05, 0.1) is 31.3 Å². The lowest BCUT2D eigenvalue weighted by molar-refractivity contribution is -0.285. The van der Waals surface area contributed by atoms with Crippen LogP contribution in [0.5, 0.6) is 0 Å². The van der Waals surface area contributed by atoms with Crippen molar-refractivity contribution in [3.05, 3.63) is 0 Å². The van der Waals surface area contributed by atoms with Gasteiger partial charge < -0.3 is 9.47 Å². The van der Waals surface area contributed by atoms with Gasteiger partial charge in [0.2, 0.25) is 0 Å². The van der Waals surface area contributed by atoms with E-state index < -0.39 is 0 Å². The second-order valence-corrected chi connectivity index (χ2v) is 4.93. The molecule has 3 fully saturated rings. The summed E-state index contributed by atoms with van der Waals surface area (Å²) in [4.78, 5) is 11.8. The third-order valence-electron chi connectivity index (χ3n) is 4.16. The molecule has 3 nitrogen and oxygen atoms in total. The molecule has 0 spiro atoms. The molecule has 0 N–H and O–H groups in total. The van der Waals surface area contributed by atoms with Crippen molar-refractivity contribution in [3.63, 3.8) is 0 Å². The van der Waals surface area contributed by atoms with Crippen molar-refractivity contribution in [2.75, 3.05) is 13.2 Å². The maximum Gasteiger partial charge on any atom is 0.139 e. The molecule has 0 radical (unpaired) electrons. The molecule has 1 saturated heterocycles. The molecule has 1 heterocycles. The molecule has 0 amide bonds. The Morgan fingerprint density at radius 3 is 3.00 bits per heavy atom. The van der Waals surface area contributed by atoms with E-state index in [1.807, 2.05) is 0 Å². The van der Waals surface area contributed by atoms with E-state index in [2.05, 4.69) is 6.92 Å².